The van der Waals surface area contributed by atoms with E-state index in [1.54, 1.807) is 84.6 Å². The van der Waals surface area contributed by atoms with Gasteiger partial charge in [-0.15, -0.1) is 23.1 Å². The quantitative estimate of drug-likeness (QED) is 0.0954. The second-order valence-electron chi connectivity index (χ2n) is 11.1. The van der Waals surface area contributed by atoms with Gasteiger partial charge in [0.1, 0.15) is 10.7 Å². The van der Waals surface area contributed by atoms with Gasteiger partial charge in [0.2, 0.25) is 11.8 Å². The van der Waals surface area contributed by atoms with Crippen LogP contribution < -0.4 is 16.0 Å². The van der Waals surface area contributed by atoms with Gasteiger partial charge in [0.05, 0.1) is 24.5 Å². The van der Waals surface area contributed by atoms with Crippen molar-refractivity contribution in [3.63, 3.8) is 0 Å². The Bertz CT molecular complexity index is 1940. The zero-order valence-corrected chi connectivity index (χ0v) is 29.3. The Hall–Kier alpha value is -4.91. The smallest absolute Gasteiger partial charge is 0.341 e. The molecule has 49 heavy (non-hydrogen) atoms. The van der Waals surface area contributed by atoms with Gasteiger partial charge < -0.3 is 25.6 Å². The number of hydrogen-bond acceptors (Lipinski definition) is 8. The maximum Gasteiger partial charge on any atom is 0.341 e. The summed E-state index contributed by atoms with van der Waals surface area (Å²) in [5, 5.41) is 8.71. The maximum atomic E-state index is 13.5. The Morgan fingerprint density at radius 1 is 0.980 bits per heavy atom. The molecule has 1 atom stereocenters. The van der Waals surface area contributed by atoms with Crippen LogP contribution in [-0.2, 0) is 32.1 Å². The topological polar surface area (TPSA) is 134 Å². The number of amides is 4. The second-order valence-corrected chi connectivity index (χ2v) is 14.0. The van der Waals surface area contributed by atoms with E-state index >= 15 is 0 Å². The number of fused-ring (bicyclic) bond motifs is 1. The normalized spacial score (nSPS) is 13.1. The van der Waals surface area contributed by atoms with Crippen molar-refractivity contribution in [2.45, 2.75) is 37.0 Å². The molecular weight excluding hydrogens is 684 g/mol. The van der Waals surface area contributed by atoms with E-state index in [-0.39, 0.29) is 17.5 Å². The third-order valence-corrected chi connectivity index (χ3v) is 10.1. The first-order chi connectivity index (χ1) is 23.5. The van der Waals surface area contributed by atoms with Crippen LogP contribution in [0.15, 0.2) is 89.5 Å². The van der Waals surface area contributed by atoms with Gasteiger partial charge in [0.15, 0.2) is 0 Å². The van der Waals surface area contributed by atoms with Crippen LogP contribution in [-0.4, -0.2) is 53.4 Å². The number of hydrogen-bond donors (Lipinski definition) is 3. The highest BCUT2D eigenvalue weighted by molar-refractivity contribution is 8.00. The van der Waals surface area contributed by atoms with Crippen molar-refractivity contribution in [2.24, 2.45) is 0 Å². The average molecular weight is 717 g/mol. The first kappa shape index (κ1) is 35.4. The SMILES string of the molecule is COC(=O)c1c(NC(=O)C(C)Sc2cccc(NC(=O)/C(=C/c3cccc(Cl)c3)NC(=O)c3ccccc3)c2)sc2c1CCN(C(C)=O)C2. The third kappa shape index (κ3) is 8.96. The molecule has 0 radical (unpaired) electrons. The fraction of sp³-hybridized carbons (Fsp3) is 0.194. The van der Waals surface area contributed by atoms with Crippen LogP contribution in [0.3, 0.4) is 0 Å². The zero-order chi connectivity index (χ0) is 35.1. The van der Waals surface area contributed by atoms with Gasteiger partial charge in [-0.1, -0.05) is 48.0 Å². The van der Waals surface area contributed by atoms with Crippen LogP contribution >= 0.6 is 34.7 Å². The van der Waals surface area contributed by atoms with E-state index in [1.165, 1.54) is 43.2 Å². The molecule has 3 N–H and O–H groups in total. The lowest BCUT2D eigenvalue weighted by Gasteiger charge is -2.25. The largest absolute Gasteiger partial charge is 0.465 e. The minimum atomic E-state index is -0.590. The van der Waals surface area contributed by atoms with Crippen molar-refractivity contribution in [3.05, 3.63) is 117 Å². The summed E-state index contributed by atoms with van der Waals surface area (Å²) < 4.78 is 5.02. The molecule has 0 saturated heterocycles. The van der Waals surface area contributed by atoms with E-state index in [4.69, 9.17) is 16.3 Å². The van der Waals surface area contributed by atoms with Crippen LogP contribution in [0.1, 0.15) is 50.6 Å². The Morgan fingerprint density at radius 3 is 2.45 bits per heavy atom. The van der Waals surface area contributed by atoms with Gasteiger partial charge in [0, 0.05) is 39.5 Å². The molecule has 3 aromatic carbocycles. The van der Waals surface area contributed by atoms with Gasteiger partial charge in [0.25, 0.3) is 11.8 Å². The first-order valence-electron chi connectivity index (χ1n) is 15.2. The summed E-state index contributed by atoms with van der Waals surface area (Å²) in [7, 11) is 1.29. The van der Waals surface area contributed by atoms with Gasteiger partial charge in [-0.2, -0.15) is 0 Å². The highest BCUT2D eigenvalue weighted by Gasteiger charge is 2.31. The minimum Gasteiger partial charge on any atom is -0.465 e. The summed E-state index contributed by atoms with van der Waals surface area (Å²) in [6.07, 6.45) is 2.02. The number of nitrogens with zero attached hydrogens (tertiary/aromatic N) is 1. The molecule has 252 valence electrons. The molecule has 4 aromatic rings. The monoisotopic (exact) mass is 716 g/mol. The summed E-state index contributed by atoms with van der Waals surface area (Å²) in [4.78, 5) is 67.8. The van der Waals surface area contributed by atoms with E-state index in [0.29, 0.717) is 56.8 Å². The predicted octanol–water partition coefficient (Wildman–Crippen LogP) is 6.62. The van der Waals surface area contributed by atoms with Crippen molar-refractivity contribution < 1.29 is 28.7 Å². The van der Waals surface area contributed by atoms with Gasteiger partial charge in [-0.05, 0) is 73.0 Å². The lowest BCUT2D eigenvalue weighted by molar-refractivity contribution is -0.129. The number of halogens is 1. The fourth-order valence-electron chi connectivity index (χ4n) is 5.10. The number of thiophene rings is 1. The highest BCUT2D eigenvalue weighted by Crippen LogP contribution is 2.38. The summed E-state index contributed by atoms with van der Waals surface area (Å²) in [6, 6.07) is 22.4. The number of carbonyl (C=O) groups excluding carboxylic acids is 5. The molecule has 0 fully saturated rings. The molecule has 1 unspecified atom stereocenters. The molecular formula is C36H33ClN4O6S2. The standard InChI is InChI=1S/C36H33ClN4O6S2/c1-21(32(43)40-35-31(36(46)47-3)28-15-16-41(22(2)42)20-30(28)49-35)48-27-14-8-13-26(19-27)38-34(45)29(18-23-9-7-12-25(37)17-23)39-33(44)24-10-5-4-6-11-24/h4-14,17-19,21H,15-16,20H2,1-3H3,(H,38,45)(H,39,44)(H,40,43)/b29-18-. The minimum absolute atomic E-state index is 0.00778. The van der Waals surface area contributed by atoms with E-state index in [2.05, 4.69) is 16.0 Å². The molecule has 1 aromatic heterocycles. The number of benzene rings is 3. The summed E-state index contributed by atoms with van der Waals surface area (Å²) >= 11 is 8.69. The molecule has 0 aliphatic carbocycles. The van der Waals surface area contributed by atoms with Crippen molar-refractivity contribution in [2.75, 3.05) is 24.3 Å². The van der Waals surface area contributed by atoms with Crippen molar-refractivity contribution in [3.8, 4) is 0 Å². The second kappa shape index (κ2) is 16.0. The molecule has 5 rings (SSSR count). The number of anilines is 2. The Balaban J connectivity index is 1.29. The lowest BCUT2D eigenvalue weighted by Crippen LogP contribution is -2.33. The maximum absolute atomic E-state index is 13.5. The van der Waals surface area contributed by atoms with Gasteiger partial charge in [-0.3, -0.25) is 19.2 Å². The van der Waals surface area contributed by atoms with Gasteiger partial charge in [-0.25, -0.2) is 4.79 Å². The number of methoxy groups -OCH3 is 1. The number of carbonyl (C=O) groups is 5. The molecule has 2 heterocycles. The zero-order valence-electron chi connectivity index (χ0n) is 26.9. The molecule has 0 saturated carbocycles. The third-order valence-electron chi connectivity index (χ3n) is 7.59. The average Bonchev–Trinajstić information content (AvgIpc) is 3.45. The lowest BCUT2D eigenvalue weighted by atomic mass is 10.0. The van der Waals surface area contributed by atoms with Crippen molar-refractivity contribution in [1.29, 1.82) is 0 Å². The number of nitrogens with one attached hydrogen (secondary N) is 3. The number of rotatable bonds is 10. The van der Waals surface area contributed by atoms with E-state index in [0.717, 1.165) is 10.4 Å². The van der Waals surface area contributed by atoms with Crippen LogP contribution in [0, 0.1) is 0 Å². The van der Waals surface area contributed by atoms with E-state index in [9.17, 15) is 24.0 Å². The molecule has 4 amide bonds. The summed E-state index contributed by atoms with van der Waals surface area (Å²) in [5.41, 5.74) is 2.57. The molecule has 10 nitrogen and oxygen atoms in total. The van der Waals surface area contributed by atoms with Crippen LogP contribution in [0.5, 0.6) is 0 Å². The van der Waals surface area contributed by atoms with E-state index in [1.807, 2.05) is 6.07 Å². The summed E-state index contributed by atoms with van der Waals surface area (Å²) in [6.45, 7) is 4.08. The Kier molecular flexibility index (Phi) is 11.6. The van der Waals surface area contributed by atoms with E-state index < -0.39 is 23.0 Å². The van der Waals surface area contributed by atoms with Crippen molar-refractivity contribution >= 4 is 81.1 Å². The molecule has 0 spiro atoms. The molecule has 0 bridgehead atoms. The number of esters is 1. The van der Waals surface area contributed by atoms with Crippen molar-refractivity contribution in [1.82, 2.24) is 10.2 Å². The van der Waals surface area contributed by atoms with Crippen LogP contribution in [0.2, 0.25) is 5.02 Å². The highest BCUT2D eigenvalue weighted by atomic mass is 35.5. The number of ether oxygens (including phenoxy) is 1. The fourth-order valence-corrected chi connectivity index (χ4v) is 7.48. The Morgan fingerprint density at radius 2 is 1.73 bits per heavy atom. The molecule has 1 aliphatic heterocycles. The predicted molar refractivity (Wildman–Crippen MR) is 193 cm³/mol. The number of thioether (sulfide) groups is 1. The Labute approximate surface area is 296 Å². The van der Waals surface area contributed by atoms with Gasteiger partial charge >= 0.3 is 5.97 Å². The van der Waals surface area contributed by atoms with Crippen LogP contribution in [0.25, 0.3) is 6.08 Å². The summed E-state index contributed by atoms with van der Waals surface area (Å²) in [5.74, 6) is -1.94. The molecule has 1 aliphatic rings. The van der Waals surface area contributed by atoms with Crippen LogP contribution in [0.4, 0.5) is 10.7 Å². The molecule has 13 heteroatoms. The first-order valence-corrected chi connectivity index (χ1v) is 17.3.